The first-order valence-electron chi connectivity index (χ1n) is 6.60. The minimum Gasteiger partial charge on any atom is -0.369 e. The van der Waals surface area contributed by atoms with E-state index in [1.807, 2.05) is 29.6 Å². The summed E-state index contributed by atoms with van der Waals surface area (Å²) in [5.41, 5.74) is 9.48. The summed E-state index contributed by atoms with van der Waals surface area (Å²) in [6.45, 7) is 0. The van der Waals surface area contributed by atoms with Crippen molar-refractivity contribution in [2.75, 3.05) is 0 Å². The number of hydrogen-bond donors (Lipinski definition) is 1. The Morgan fingerprint density at radius 3 is 2.43 bits per heavy atom. The topological polar surface area (TPSA) is 56.0 Å². The van der Waals surface area contributed by atoms with Crippen molar-refractivity contribution in [1.29, 1.82) is 0 Å². The quantitative estimate of drug-likeness (QED) is 0.800. The summed E-state index contributed by atoms with van der Waals surface area (Å²) in [6, 6.07) is 16.0. The number of nitrogens with zero attached hydrogens (tertiary/aromatic N) is 1. The van der Waals surface area contributed by atoms with Crippen molar-refractivity contribution in [3.8, 4) is 21.7 Å². The highest BCUT2D eigenvalue weighted by atomic mass is 32.1. The number of thiazole rings is 1. The molecule has 0 saturated carbocycles. The molecule has 0 radical (unpaired) electrons. The predicted octanol–water partition coefficient (Wildman–Crippen LogP) is 3.50. The molecule has 2 N–H and O–H groups in total. The lowest BCUT2D eigenvalue weighted by Crippen LogP contribution is -2.14. The van der Waals surface area contributed by atoms with Crippen LogP contribution in [0.3, 0.4) is 0 Å². The van der Waals surface area contributed by atoms with Gasteiger partial charge in [-0.2, -0.15) is 0 Å². The summed E-state index contributed by atoms with van der Waals surface area (Å²) in [5.74, 6) is -0.318. The summed E-state index contributed by atoms with van der Waals surface area (Å²) in [4.78, 5) is 15.5. The maximum atomic E-state index is 11.2. The molecule has 104 valence electrons. The molecule has 3 nitrogen and oxygen atoms in total. The molecular weight excluding hydrogens is 280 g/mol. The van der Waals surface area contributed by atoms with E-state index in [1.54, 1.807) is 17.5 Å². The second-order valence-electron chi connectivity index (χ2n) is 4.71. The van der Waals surface area contributed by atoms with Crippen LogP contribution in [0.1, 0.15) is 5.56 Å². The van der Waals surface area contributed by atoms with Gasteiger partial charge in [-0.05, 0) is 16.7 Å². The molecule has 1 amide bonds. The van der Waals surface area contributed by atoms with Gasteiger partial charge in [0.05, 0.1) is 6.42 Å². The lowest BCUT2D eigenvalue weighted by atomic mass is 9.97. The highest BCUT2D eigenvalue weighted by molar-refractivity contribution is 7.13. The third kappa shape index (κ3) is 3.01. The van der Waals surface area contributed by atoms with E-state index in [0.717, 1.165) is 27.3 Å². The zero-order chi connectivity index (χ0) is 14.7. The molecule has 0 atom stereocenters. The van der Waals surface area contributed by atoms with E-state index in [4.69, 9.17) is 5.73 Å². The Balaban J connectivity index is 1.96. The number of aromatic nitrogens is 1. The van der Waals surface area contributed by atoms with E-state index in [-0.39, 0.29) is 12.3 Å². The van der Waals surface area contributed by atoms with E-state index < -0.39 is 0 Å². The Kier molecular flexibility index (Phi) is 3.79. The Morgan fingerprint density at radius 1 is 1.05 bits per heavy atom. The molecule has 21 heavy (non-hydrogen) atoms. The molecule has 1 heterocycles. The van der Waals surface area contributed by atoms with E-state index in [9.17, 15) is 4.79 Å². The van der Waals surface area contributed by atoms with Crippen LogP contribution in [-0.2, 0) is 11.2 Å². The van der Waals surface area contributed by atoms with Crippen molar-refractivity contribution in [3.05, 3.63) is 65.7 Å². The first kappa shape index (κ1) is 13.5. The molecule has 1 aromatic heterocycles. The van der Waals surface area contributed by atoms with Crippen molar-refractivity contribution in [2.24, 2.45) is 5.73 Å². The number of carbonyl (C=O) groups excluding carboxylic acids is 1. The minimum atomic E-state index is -0.318. The predicted molar refractivity (Wildman–Crippen MR) is 85.9 cm³/mol. The average molecular weight is 294 g/mol. The Bertz CT molecular complexity index is 749. The number of primary amides is 1. The molecule has 2 aromatic carbocycles. The molecule has 0 fully saturated rings. The summed E-state index contributed by atoms with van der Waals surface area (Å²) >= 11 is 1.62. The average Bonchev–Trinajstić information content (AvgIpc) is 3.02. The fraction of sp³-hybridized carbons (Fsp3) is 0.0588. The van der Waals surface area contributed by atoms with E-state index in [2.05, 4.69) is 29.2 Å². The molecule has 4 heteroatoms. The molecule has 3 aromatic rings. The molecule has 0 aliphatic heterocycles. The largest absolute Gasteiger partial charge is 0.369 e. The molecular formula is C17H14N2OS. The highest BCUT2D eigenvalue weighted by Crippen LogP contribution is 2.28. The van der Waals surface area contributed by atoms with Gasteiger partial charge in [0.25, 0.3) is 0 Å². The molecule has 0 spiro atoms. The van der Waals surface area contributed by atoms with E-state index in [1.165, 1.54) is 0 Å². The van der Waals surface area contributed by atoms with Crippen LogP contribution in [0.2, 0.25) is 0 Å². The molecule has 0 aliphatic carbocycles. The van der Waals surface area contributed by atoms with Gasteiger partial charge in [-0.1, -0.05) is 48.5 Å². The summed E-state index contributed by atoms with van der Waals surface area (Å²) in [6.07, 6.45) is 2.06. The van der Waals surface area contributed by atoms with Gasteiger partial charge < -0.3 is 5.73 Å². The monoisotopic (exact) mass is 294 g/mol. The molecule has 3 rings (SSSR count). The third-order valence-corrected chi connectivity index (χ3v) is 4.08. The fourth-order valence-corrected chi connectivity index (χ4v) is 2.95. The Labute approximate surface area is 127 Å². The summed E-state index contributed by atoms with van der Waals surface area (Å²) in [7, 11) is 0. The van der Waals surface area contributed by atoms with Crippen LogP contribution in [0.15, 0.2) is 60.1 Å². The Morgan fingerprint density at radius 2 is 1.76 bits per heavy atom. The number of benzene rings is 2. The normalized spacial score (nSPS) is 10.5. The number of nitrogens with two attached hydrogens (primary N) is 1. The van der Waals surface area contributed by atoms with Crippen molar-refractivity contribution >= 4 is 17.2 Å². The van der Waals surface area contributed by atoms with Gasteiger partial charge in [-0.15, -0.1) is 11.3 Å². The lowest BCUT2D eigenvalue weighted by molar-refractivity contribution is -0.117. The lowest BCUT2D eigenvalue weighted by Gasteiger charge is -2.08. The van der Waals surface area contributed by atoms with E-state index in [0.29, 0.717) is 0 Å². The first-order chi connectivity index (χ1) is 10.2. The highest BCUT2D eigenvalue weighted by Gasteiger charge is 2.08. The van der Waals surface area contributed by atoms with Crippen molar-refractivity contribution in [1.82, 2.24) is 4.98 Å². The van der Waals surface area contributed by atoms with Crippen molar-refractivity contribution in [2.45, 2.75) is 6.42 Å². The third-order valence-electron chi connectivity index (χ3n) is 3.26. The van der Waals surface area contributed by atoms with Gasteiger partial charge in [0.1, 0.15) is 5.01 Å². The molecule has 0 aliphatic rings. The molecule has 0 saturated heterocycles. The van der Waals surface area contributed by atoms with Crippen LogP contribution >= 0.6 is 11.3 Å². The standard InChI is InChI=1S/C17H14N2OS/c18-16(20)11-14-3-1-2-4-15(14)12-5-7-13(8-6-12)17-19-9-10-21-17/h1-10H,11H2,(H2,18,20). The van der Waals surface area contributed by atoms with Crippen LogP contribution in [0.5, 0.6) is 0 Å². The van der Waals surface area contributed by atoms with Gasteiger partial charge in [-0.25, -0.2) is 4.98 Å². The smallest absolute Gasteiger partial charge is 0.221 e. The zero-order valence-corrected chi connectivity index (χ0v) is 12.1. The number of carbonyl (C=O) groups is 1. The van der Waals surface area contributed by atoms with Crippen molar-refractivity contribution in [3.63, 3.8) is 0 Å². The van der Waals surface area contributed by atoms with E-state index >= 15 is 0 Å². The van der Waals surface area contributed by atoms with Gasteiger partial charge in [0.2, 0.25) is 5.91 Å². The second kappa shape index (κ2) is 5.89. The van der Waals surface area contributed by atoms with Crippen LogP contribution < -0.4 is 5.73 Å². The van der Waals surface area contributed by atoms with Gasteiger partial charge in [-0.3, -0.25) is 4.79 Å². The van der Waals surface area contributed by atoms with Gasteiger partial charge >= 0.3 is 0 Å². The van der Waals surface area contributed by atoms with Crippen LogP contribution in [0.25, 0.3) is 21.7 Å². The number of amides is 1. The number of rotatable bonds is 4. The summed E-state index contributed by atoms with van der Waals surface area (Å²) < 4.78 is 0. The summed E-state index contributed by atoms with van der Waals surface area (Å²) in [5, 5.41) is 2.97. The fourth-order valence-electron chi connectivity index (χ4n) is 2.30. The van der Waals surface area contributed by atoms with Crippen LogP contribution in [0, 0.1) is 0 Å². The van der Waals surface area contributed by atoms with Gasteiger partial charge in [0.15, 0.2) is 0 Å². The van der Waals surface area contributed by atoms with Crippen LogP contribution in [0.4, 0.5) is 0 Å². The first-order valence-corrected chi connectivity index (χ1v) is 7.48. The minimum absolute atomic E-state index is 0.254. The SMILES string of the molecule is NC(=O)Cc1ccccc1-c1ccc(-c2nccs2)cc1. The Hall–Kier alpha value is -2.46. The number of hydrogen-bond acceptors (Lipinski definition) is 3. The maximum absolute atomic E-state index is 11.2. The molecule has 0 bridgehead atoms. The maximum Gasteiger partial charge on any atom is 0.221 e. The van der Waals surface area contributed by atoms with Gasteiger partial charge in [0, 0.05) is 17.1 Å². The van der Waals surface area contributed by atoms with Crippen LogP contribution in [-0.4, -0.2) is 10.9 Å². The second-order valence-corrected chi connectivity index (χ2v) is 5.61. The zero-order valence-electron chi connectivity index (χ0n) is 11.3. The van der Waals surface area contributed by atoms with Crippen molar-refractivity contribution < 1.29 is 4.79 Å². The molecule has 0 unspecified atom stereocenters.